The van der Waals surface area contributed by atoms with Crippen molar-refractivity contribution in [3.05, 3.63) is 39.2 Å². The second kappa shape index (κ2) is 3.83. The summed E-state index contributed by atoms with van der Waals surface area (Å²) in [5, 5.41) is 0.278. The first-order valence-electron chi connectivity index (χ1n) is 5.07. The van der Waals surface area contributed by atoms with Crippen LogP contribution in [0.25, 0.3) is 0 Å². The minimum Gasteiger partial charge on any atom is -0.122 e. The lowest BCUT2D eigenvalue weighted by atomic mass is 9.89. The van der Waals surface area contributed by atoms with Crippen LogP contribution in [0.15, 0.2) is 38.5 Å². The highest BCUT2D eigenvalue weighted by Crippen LogP contribution is 2.54. The highest BCUT2D eigenvalue weighted by molar-refractivity contribution is 9.10. The van der Waals surface area contributed by atoms with Gasteiger partial charge in [-0.2, -0.15) is 0 Å². The number of halogens is 2. The van der Waals surface area contributed by atoms with Crippen molar-refractivity contribution >= 4 is 39.3 Å². The van der Waals surface area contributed by atoms with E-state index in [4.69, 9.17) is 11.6 Å². The van der Waals surface area contributed by atoms with E-state index in [1.165, 1.54) is 15.4 Å². The van der Waals surface area contributed by atoms with Gasteiger partial charge < -0.3 is 0 Å². The van der Waals surface area contributed by atoms with Crippen LogP contribution < -0.4 is 0 Å². The van der Waals surface area contributed by atoms with Crippen LogP contribution in [-0.4, -0.2) is 5.38 Å². The minimum atomic E-state index is 0.278. The number of hydrogen-bond acceptors (Lipinski definition) is 1. The number of alkyl halides is 1. The molecule has 1 aliphatic heterocycles. The summed E-state index contributed by atoms with van der Waals surface area (Å²) in [6.45, 7) is 0. The second-order valence-electron chi connectivity index (χ2n) is 3.96. The van der Waals surface area contributed by atoms with Crippen molar-refractivity contribution in [1.82, 2.24) is 0 Å². The molecular weight excluding hydrogens is 292 g/mol. The molecule has 3 heteroatoms. The fourth-order valence-electron chi connectivity index (χ4n) is 2.29. The summed E-state index contributed by atoms with van der Waals surface area (Å²) < 4.78 is 1.15. The molecule has 2 atom stereocenters. The maximum atomic E-state index is 6.42. The molecule has 3 rings (SSSR count). The standard InChI is InChI=1S/C12H10BrClS/c13-7-4-5-8-11(6-7)15-10-3-1-2-9(14)12(8)10/h3-6,9,12H,1-2H2. The summed E-state index contributed by atoms with van der Waals surface area (Å²) in [5.74, 6) is 0.452. The Balaban J connectivity index is 2.11. The number of hydrogen-bond donors (Lipinski definition) is 0. The molecule has 0 radical (unpaired) electrons. The monoisotopic (exact) mass is 300 g/mol. The van der Waals surface area contributed by atoms with Crippen molar-refractivity contribution in [2.24, 2.45) is 0 Å². The van der Waals surface area contributed by atoms with E-state index < -0.39 is 0 Å². The maximum Gasteiger partial charge on any atom is 0.0453 e. The van der Waals surface area contributed by atoms with Gasteiger partial charge in [-0.3, -0.25) is 0 Å². The van der Waals surface area contributed by atoms with Crippen LogP contribution in [-0.2, 0) is 0 Å². The smallest absolute Gasteiger partial charge is 0.0453 e. The fraction of sp³-hybridized carbons (Fsp3) is 0.333. The van der Waals surface area contributed by atoms with Crippen molar-refractivity contribution in [3.8, 4) is 0 Å². The molecule has 78 valence electrons. The van der Waals surface area contributed by atoms with Gasteiger partial charge in [0.1, 0.15) is 0 Å². The number of thioether (sulfide) groups is 1. The molecule has 0 saturated heterocycles. The van der Waals surface area contributed by atoms with Crippen molar-refractivity contribution in [2.75, 3.05) is 0 Å². The third-order valence-electron chi connectivity index (χ3n) is 2.99. The average Bonchev–Trinajstić information content (AvgIpc) is 2.56. The lowest BCUT2D eigenvalue weighted by molar-refractivity contribution is 0.656. The van der Waals surface area contributed by atoms with E-state index in [1.807, 2.05) is 11.8 Å². The van der Waals surface area contributed by atoms with Gasteiger partial charge in [0.15, 0.2) is 0 Å². The Labute approximate surface area is 107 Å². The van der Waals surface area contributed by atoms with Gasteiger partial charge in [0.25, 0.3) is 0 Å². The number of benzene rings is 1. The Kier molecular flexibility index (Phi) is 2.62. The molecule has 2 aliphatic rings. The van der Waals surface area contributed by atoms with Crippen LogP contribution in [0.1, 0.15) is 24.3 Å². The molecule has 1 aromatic rings. The van der Waals surface area contributed by atoms with E-state index in [-0.39, 0.29) is 5.38 Å². The van der Waals surface area contributed by atoms with E-state index in [9.17, 15) is 0 Å². The highest BCUT2D eigenvalue weighted by atomic mass is 79.9. The summed E-state index contributed by atoms with van der Waals surface area (Å²) in [6.07, 6.45) is 4.58. The third kappa shape index (κ3) is 1.67. The zero-order chi connectivity index (χ0) is 10.4. The summed E-state index contributed by atoms with van der Waals surface area (Å²) >= 11 is 11.8. The van der Waals surface area contributed by atoms with Gasteiger partial charge in [0.2, 0.25) is 0 Å². The van der Waals surface area contributed by atoms with Crippen LogP contribution in [0.2, 0.25) is 0 Å². The first-order chi connectivity index (χ1) is 7.25. The van der Waals surface area contributed by atoms with Crippen molar-refractivity contribution < 1.29 is 0 Å². The summed E-state index contributed by atoms with van der Waals surface area (Å²) in [4.78, 5) is 2.82. The Morgan fingerprint density at radius 3 is 3.13 bits per heavy atom. The van der Waals surface area contributed by atoms with E-state index >= 15 is 0 Å². The van der Waals surface area contributed by atoms with Gasteiger partial charge in [0, 0.05) is 20.7 Å². The van der Waals surface area contributed by atoms with E-state index in [0.717, 1.165) is 17.3 Å². The molecule has 1 aliphatic carbocycles. The normalized spacial score (nSPS) is 28.3. The van der Waals surface area contributed by atoms with Crippen molar-refractivity contribution in [3.63, 3.8) is 0 Å². The molecule has 0 bridgehead atoms. The lowest BCUT2D eigenvalue weighted by Crippen LogP contribution is -2.14. The molecular formula is C12H10BrClS. The van der Waals surface area contributed by atoms with Crippen LogP contribution >= 0.6 is 39.3 Å². The largest absolute Gasteiger partial charge is 0.122 e. The summed E-state index contributed by atoms with van der Waals surface area (Å²) in [7, 11) is 0. The van der Waals surface area contributed by atoms with Crippen molar-refractivity contribution in [1.29, 1.82) is 0 Å². The van der Waals surface area contributed by atoms with E-state index in [0.29, 0.717) is 5.92 Å². The minimum absolute atomic E-state index is 0.278. The molecule has 0 saturated carbocycles. The van der Waals surface area contributed by atoms with Gasteiger partial charge in [-0.1, -0.05) is 39.8 Å². The molecule has 0 N–H and O–H groups in total. The Hall–Kier alpha value is 0.0800. The number of rotatable bonds is 0. The van der Waals surface area contributed by atoms with Crippen LogP contribution in [0.4, 0.5) is 0 Å². The Morgan fingerprint density at radius 1 is 1.40 bits per heavy atom. The highest BCUT2D eigenvalue weighted by Gasteiger charge is 2.35. The zero-order valence-electron chi connectivity index (χ0n) is 8.04. The molecule has 0 fully saturated rings. The van der Waals surface area contributed by atoms with Gasteiger partial charge in [0.05, 0.1) is 0 Å². The van der Waals surface area contributed by atoms with Crippen molar-refractivity contribution in [2.45, 2.75) is 29.0 Å². The van der Waals surface area contributed by atoms with Crippen LogP contribution in [0.3, 0.4) is 0 Å². The summed E-state index contributed by atoms with van der Waals surface area (Å²) in [5.41, 5.74) is 1.41. The van der Waals surface area contributed by atoms with E-state index in [2.05, 4.69) is 40.2 Å². The van der Waals surface area contributed by atoms with Gasteiger partial charge in [-0.05, 0) is 35.4 Å². The topological polar surface area (TPSA) is 0 Å². The second-order valence-corrected chi connectivity index (χ2v) is 6.55. The Bertz CT molecular complexity index is 441. The summed E-state index contributed by atoms with van der Waals surface area (Å²) in [6, 6.07) is 6.52. The number of allylic oxidation sites excluding steroid dienone is 2. The quantitative estimate of drug-likeness (QED) is 0.613. The molecule has 1 aromatic carbocycles. The third-order valence-corrected chi connectivity index (χ3v) is 5.19. The molecule has 0 aromatic heterocycles. The zero-order valence-corrected chi connectivity index (χ0v) is 11.2. The lowest BCUT2D eigenvalue weighted by Gasteiger charge is -2.23. The fourth-order valence-corrected chi connectivity index (χ4v) is 4.65. The van der Waals surface area contributed by atoms with Gasteiger partial charge in [-0.15, -0.1) is 11.6 Å². The molecule has 0 nitrogen and oxygen atoms in total. The first-order valence-corrected chi connectivity index (χ1v) is 7.12. The van der Waals surface area contributed by atoms with E-state index in [1.54, 1.807) is 0 Å². The molecule has 1 heterocycles. The molecule has 0 spiro atoms. The van der Waals surface area contributed by atoms with Gasteiger partial charge in [-0.25, -0.2) is 0 Å². The first kappa shape index (κ1) is 10.2. The maximum absolute atomic E-state index is 6.42. The molecule has 15 heavy (non-hydrogen) atoms. The predicted octanol–water partition coefficient (Wildman–Crippen LogP) is 4.92. The molecule has 2 unspecified atom stereocenters. The van der Waals surface area contributed by atoms with Crippen LogP contribution in [0.5, 0.6) is 0 Å². The van der Waals surface area contributed by atoms with Gasteiger partial charge >= 0.3 is 0 Å². The molecule has 0 amide bonds. The SMILES string of the molecule is ClC1CCC=C2Sc3cc(Br)ccc3C21. The Morgan fingerprint density at radius 2 is 2.27 bits per heavy atom. The van der Waals surface area contributed by atoms with Crippen LogP contribution in [0, 0.1) is 0 Å². The number of fused-ring (bicyclic) bond motifs is 3. The average molecular weight is 302 g/mol. The predicted molar refractivity (Wildman–Crippen MR) is 69.7 cm³/mol.